The van der Waals surface area contributed by atoms with Gasteiger partial charge in [-0.1, -0.05) is 29.3 Å². The number of halogens is 2. The van der Waals surface area contributed by atoms with Crippen LogP contribution in [0.4, 0.5) is 5.69 Å². The van der Waals surface area contributed by atoms with Crippen LogP contribution in [-0.4, -0.2) is 11.5 Å². The van der Waals surface area contributed by atoms with Crippen molar-refractivity contribution in [1.29, 1.82) is 0 Å². The molecule has 1 atom stereocenters. The maximum atomic E-state index is 12.5. The summed E-state index contributed by atoms with van der Waals surface area (Å²) in [4.78, 5) is 12.5. The minimum Gasteiger partial charge on any atom is -0.487 e. The number of benzene rings is 2. The average molecular weight is 379 g/mol. The van der Waals surface area contributed by atoms with Crippen molar-refractivity contribution < 1.29 is 9.53 Å². The first-order valence-corrected chi connectivity index (χ1v) is 8.81. The average Bonchev–Trinajstić information content (AvgIpc) is 2.51. The molecule has 1 aliphatic rings. The summed E-state index contributed by atoms with van der Waals surface area (Å²) in [6, 6.07) is 10.6. The molecule has 1 heterocycles. The van der Waals surface area contributed by atoms with Crippen LogP contribution in [0.5, 0.6) is 5.75 Å². The first-order chi connectivity index (χ1) is 11.7. The molecule has 0 spiro atoms. The quantitative estimate of drug-likeness (QED) is 0.770. The number of nitrogens with one attached hydrogen (secondary N) is 1. The fourth-order valence-corrected chi connectivity index (χ4v) is 3.40. The summed E-state index contributed by atoms with van der Waals surface area (Å²) in [6.45, 7) is 4.01. The summed E-state index contributed by atoms with van der Waals surface area (Å²) in [5, 5.41) is 4.01. The molecule has 6 heteroatoms. The minimum atomic E-state index is -0.370. The number of fused-ring (bicyclic) bond motifs is 1. The molecule has 0 aliphatic carbocycles. The predicted octanol–water partition coefficient (Wildman–Crippen LogP) is 4.54. The van der Waals surface area contributed by atoms with Crippen molar-refractivity contribution in [2.45, 2.75) is 38.3 Å². The molecule has 0 saturated heterocycles. The Morgan fingerprint density at radius 3 is 2.72 bits per heavy atom. The van der Waals surface area contributed by atoms with Crippen LogP contribution in [0.25, 0.3) is 0 Å². The number of nitrogen functional groups attached to an aromatic ring is 1. The summed E-state index contributed by atoms with van der Waals surface area (Å²) in [6.07, 6.45) is 0.892. The largest absolute Gasteiger partial charge is 0.487 e. The van der Waals surface area contributed by atoms with Crippen molar-refractivity contribution in [2.75, 3.05) is 5.73 Å². The molecule has 132 valence electrons. The molecule has 4 nitrogen and oxygen atoms in total. The zero-order valence-corrected chi connectivity index (χ0v) is 15.6. The van der Waals surface area contributed by atoms with Gasteiger partial charge in [-0.25, -0.2) is 0 Å². The van der Waals surface area contributed by atoms with E-state index in [2.05, 4.69) is 5.32 Å². The van der Waals surface area contributed by atoms with Gasteiger partial charge in [0.05, 0.1) is 22.5 Å². The Morgan fingerprint density at radius 2 is 2.00 bits per heavy atom. The van der Waals surface area contributed by atoms with Gasteiger partial charge in [0.2, 0.25) is 5.91 Å². The van der Waals surface area contributed by atoms with E-state index in [1.54, 1.807) is 24.3 Å². The molecule has 1 unspecified atom stereocenters. The van der Waals surface area contributed by atoms with E-state index in [1.807, 2.05) is 26.0 Å². The Kier molecular flexibility index (Phi) is 4.85. The Balaban J connectivity index is 1.78. The Morgan fingerprint density at radius 1 is 1.24 bits per heavy atom. The lowest BCUT2D eigenvalue weighted by Crippen LogP contribution is -2.41. The van der Waals surface area contributed by atoms with Crippen LogP contribution in [0.1, 0.15) is 37.4 Å². The molecule has 3 rings (SSSR count). The summed E-state index contributed by atoms with van der Waals surface area (Å²) >= 11 is 11.9. The molecule has 3 N–H and O–H groups in total. The molecule has 1 amide bonds. The second kappa shape index (κ2) is 6.77. The van der Waals surface area contributed by atoms with Gasteiger partial charge >= 0.3 is 0 Å². The van der Waals surface area contributed by atoms with Crippen LogP contribution in [-0.2, 0) is 11.2 Å². The minimum absolute atomic E-state index is 0.0885. The van der Waals surface area contributed by atoms with Gasteiger partial charge in [0, 0.05) is 17.7 Å². The topological polar surface area (TPSA) is 64.4 Å². The lowest BCUT2D eigenvalue weighted by molar-refractivity contribution is -0.121. The first kappa shape index (κ1) is 17.9. The van der Waals surface area contributed by atoms with E-state index in [1.165, 1.54) is 0 Å². The Hall–Kier alpha value is -1.91. The standard InChI is InChI=1S/C19H20Cl2N2O2/c1-19(2)10-16(13-9-12(22)4-6-17(13)25-19)23-18(24)8-11-3-5-14(20)15(21)7-11/h3-7,9,16H,8,10,22H2,1-2H3,(H,23,24). The van der Waals surface area contributed by atoms with Gasteiger partial charge in [-0.05, 0) is 49.7 Å². The van der Waals surface area contributed by atoms with Crippen molar-refractivity contribution in [3.8, 4) is 5.75 Å². The number of rotatable bonds is 3. The number of nitrogens with two attached hydrogens (primary N) is 1. The number of anilines is 1. The number of hydrogen-bond acceptors (Lipinski definition) is 3. The van der Waals surface area contributed by atoms with Crippen molar-refractivity contribution in [3.63, 3.8) is 0 Å². The lowest BCUT2D eigenvalue weighted by Gasteiger charge is -2.38. The third kappa shape index (κ3) is 4.20. The molecule has 0 bridgehead atoms. The molecule has 0 radical (unpaired) electrons. The highest BCUT2D eigenvalue weighted by molar-refractivity contribution is 6.42. The van der Waals surface area contributed by atoms with Crippen LogP contribution < -0.4 is 15.8 Å². The second-order valence-electron chi connectivity index (χ2n) is 6.91. The fourth-order valence-electron chi connectivity index (χ4n) is 3.08. The van der Waals surface area contributed by atoms with Gasteiger partial charge in [0.1, 0.15) is 11.4 Å². The highest BCUT2D eigenvalue weighted by Crippen LogP contribution is 2.40. The SMILES string of the molecule is CC1(C)CC(NC(=O)Cc2ccc(Cl)c(Cl)c2)c2cc(N)ccc2O1. The van der Waals surface area contributed by atoms with Crippen LogP contribution in [0.15, 0.2) is 36.4 Å². The molecule has 2 aromatic carbocycles. The second-order valence-corrected chi connectivity index (χ2v) is 7.72. The molecular weight excluding hydrogens is 359 g/mol. The van der Waals surface area contributed by atoms with Crippen LogP contribution in [0.3, 0.4) is 0 Å². The van der Waals surface area contributed by atoms with E-state index in [0.717, 1.165) is 16.9 Å². The summed E-state index contributed by atoms with van der Waals surface area (Å²) < 4.78 is 5.99. The molecule has 25 heavy (non-hydrogen) atoms. The van der Waals surface area contributed by atoms with Crippen LogP contribution in [0, 0.1) is 0 Å². The van der Waals surface area contributed by atoms with Gasteiger partial charge in [0.25, 0.3) is 0 Å². The number of carbonyl (C=O) groups is 1. The summed E-state index contributed by atoms with van der Waals surface area (Å²) in [7, 11) is 0. The lowest BCUT2D eigenvalue weighted by atomic mass is 9.89. The predicted molar refractivity (Wildman–Crippen MR) is 101 cm³/mol. The molecule has 0 saturated carbocycles. The van der Waals surface area contributed by atoms with Gasteiger partial charge in [-0.2, -0.15) is 0 Å². The summed E-state index contributed by atoms with van der Waals surface area (Å²) in [5.41, 5.74) is 7.89. The van der Waals surface area contributed by atoms with E-state index >= 15 is 0 Å². The van der Waals surface area contributed by atoms with Crippen LogP contribution >= 0.6 is 23.2 Å². The van der Waals surface area contributed by atoms with Crippen molar-refractivity contribution in [1.82, 2.24) is 5.32 Å². The molecule has 1 aliphatic heterocycles. The zero-order valence-electron chi connectivity index (χ0n) is 14.1. The number of hydrogen-bond donors (Lipinski definition) is 2. The molecule has 0 fully saturated rings. The van der Waals surface area contributed by atoms with E-state index in [9.17, 15) is 4.79 Å². The molecule has 2 aromatic rings. The maximum absolute atomic E-state index is 12.5. The fraction of sp³-hybridized carbons (Fsp3) is 0.316. The van der Waals surface area contributed by atoms with Gasteiger partial charge in [0.15, 0.2) is 0 Å². The Labute approximate surface area is 157 Å². The van der Waals surface area contributed by atoms with Crippen molar-refractivity contribution in [2.24, 2.45) is 0 Å². The Bertz CT molecular complexity index is 821. The van der Waals surface area contributed by atoms with Gasteiger partial charge in [-0.15, -0.1) is 0 Å². The third-order valence-corrected chi connectivity index (χ3v) is 4.91. The van der Waals surface area contributed by atoms with E-state index < -0.39 is 0 Å². The molecule has 0 aromatic heterocycles. The van der Waals surface area contributed by atoms with Gasteiger partial charge < -0.3 is 15.8 Å². The number of carbonyl (C=O) groups excluding carboxylic acids is 1. The highest BCUT2D eigenvalue weighted by Gasteiger charge is 2.34. The smallest absolute Gasteiger partial charge is 0.224 e. The van der Waals surface area contributed by atoms with Crippen LogP contribution in [0.2, 0.25) is 10.0 Å². The number of ether oxygens (including phenoxy) is 1. The first-order valence-electron chi connectivity index (χ1n) is 8.05. The number of amides is 1. The maximum Gasteiger partial charge on any atom is 0.224 e. The highest BCUT2D eigenvalue weighted by atomic mass is 35.5. The monoisotopic (exact) mass is 378 g/mol. The normalized spacial score (nSPS) is 18.2. The zero-order chi connectivity index (χ0) is 18.2. The van der Waals surface area contributed by atoms with E-state index in [0.29, 0.717) is 22.2 Å². The van der Waals surface area contributed by atoms with E-state index in [4.69, 9.17) is 33.7 Å². The summed E-state index contributed by atoms with van der Waals surface area (Å²) in [5.74, 6) is 0.666. The van der Waals surface area contributed by atoms with E-state index in [-0.39, 0.29) is 24.0 Å². The molecular formula is C19H20Cl2N2O2. The van der Waals surface area contributed by atoms with Crippen molar-refractivity contribution in [3.05, 3.63) is 57.6 Å². The van der Waals surface area contributed by atoms with Crippen molar-refractivity contribution >= 4 is 34.8 Å². The third-order valence-electron chi connectivity index (χ3n) is 4.18. The van der Waals surface area contributed by atoms with Gasteiger partial charge in [-0.3, -0.25) is 4.79 Å².